The fourth-order valence-corrected chi connectivity index (χ4v) is 4.17. The van der Waals surface area contributed by atoms with E-state index in [1.807, 2.05) is 19.1 Å². The summed E-state index contributed by atoms with van der Waals surface area (Å²) in [5, 5.41) is 2.25. The van der Waals surface area contributed by atoms with Crippen LogP contribution in [0.25, 0.3) is 6.08 Å². The molecule has 0 unspecified atom stereocenters. The van der Waals surface area contributed by atoms with Crippen LogP contribution >= 0.6 is 15.9 Å². The van der Waals surface area contributed by atoms with Crippen LogP contribution in [-0.4, -0.2) is 17.8 Å². The van der Waals surface area contributed by atoms with Gasteiger partial charge >= 0.3 is 6.03 Å². The van der Waals surface area contributed by atoms with Gasteiger partial charge in [-0.1, -0.05) is 57.9 Å². The Morgan fingerprint density at radius 3 is 2.45 bits per heavy atom. The fourth-order valence-electron chi connectivity index (χ4n) is 3.80. The number of hydrogen-bond acceptors (Lipinski definition) is 3. The number of amides is 4. The summed E-state index contributed by atoms with van der Waals surface area (Å²) in [7, 11) is 0. The van der Waals surface area contributed by atoms with E-state index in [-0.39, 0.29) is 17.8 Å². The molecule has 0 radical (unpaired) electrons. The molecule has 33 heavy (non-hydrogen) atoms. The van der Waals surface area contributed by atoms with Gasteiger partial charge in [0, 0.05) is 10.9 Å². The van der Waals surface area contributed by atoms with E-state index in [1.165, 1.54) is 12.1 Å². The predicted molar refractivity (Wildman–Crippen MR) is 128 cm³/mol. The standard InChI is InChI=1S/C26H20BrFN2O3/c1-15-7-10-23(16(2)11-15)30-25(32)21(24(31)29-26(30)33)14-19-13-20(27)9-8-17(19)12-18-5-3-4-6-22(18)28/h3-11,13-14H,12H2,1-2H3,(H,29,31,33)/b21-14+. The summed E-state index contributed by atoms with van der Waals surface area (Å²) in [6.45, 7) is 3.71. The second kappa shape index (κ2) is 9.11. The summed E-state index contributed by atoms with van der Waals surface area (Å²) in [6, 6.07) is 16.3. The number of hydrogen-bond donors (Lipinski definition) is 1. The molecule has 4 rings (SSSR count). The number of nitrogens with zero attached hydrogens (tertiary/aromatic N) is 1. The minimum absolute atomic E-state index is 0.178. The molecule has 0 saturated carbocycles. The molecule has 3 aromatic rings. The first-order valence-corrected chi connectivity index (χ1v) is 11.0. The van der Waals surface area contributed by atoms with E-state index in [2.05, 4.69) is 21.2 Å². The largest absolute Gasteiger partial charge is 0.335 e. The maximum Gasteiger partial charge on any atom is 0.335 e. The molecule has 0 spiro atoms. The van der Waals surface area contributed by atoms with Gasteiger partial charge < -0.3 is 0 Å². The highest BCUT2D eigenvalue weighted by Gasteiger charge is 2.37. The zero-order valence-corrected chi connectivity index (χ0v) is 19.6. The van der Waals surface area contributed by atoms with E-state index in [0.717, 1.165) is 26.1 Å². The molecule has 0 atom stereocenters. The summed E-state index contributed by atoms with van der Waals surface area (Å²) >= 11 is 3.41. The van der Waals surface area contributed by atoms with Crippen LogP contribution in [0.4, 0.5) is 14.9 Å². The minimum atomic E-state index is -0.796. The van der Waals surface area contributed by atoms with Gasteiger partial charge in [-0.15, -0.1) is 0 Å². The van der Waals surface area contributed by atoms with E-state index in [9.17, 15) is 18.8 Å². The lowest BCUT2D eigenvalue weighted by molar-refractivity contribution is -0.122. The summed E-state index contributed by atoms with van der Waals surface area (Å²) in [4.78, 5) is 39.4. The number of carbonyl (C=O) groups is 3. The van der Waals surface area contributed by atoms with Gasteiger partial charge in [0.05, 0.1) is 5.69 Å². The zero-order chi connectivity index (χ0) is 23.7. The number of barbiturate groups is 1. The molecule has 1 fully saturated rings. The van der Waals surface area contributed by atoms with Crippen LogP contribution in [0, 0.1) is 19.7 Å². The summed E-state index contributed by atoms with van der Waals surface area (Å²) in [5.41, 5.74) is 3.73. The third-order valence-corrected chi connectivity index (χ3v) is 5.93. The molecule has 0 aliphatic carbocycles. The lowest BCUT2D eigenvalue weighted by Crippen LogP contribution is -2.54. The topological polar surface area (TPSA) is 66.5 Å². The van der Waals surface area contributed by atoms with Crippen molar-refractivity contribution in [1.82, 2.24) is 5.32 Å². The second-order valence-electron chi connectivity index (χ2n) is 7.86. The molecule has 1 aliphatic rings. The summed E-state index contributed by atoms with van der Waals surface area (Å²) < 4.78 is 15.0. The number of nitrogens with one attached hydrogen (secondary N) is 1. The van der Waals surface area contributed by atoms with E-state index in [1.54, 1.807) is 49.4 Å². The zero-order valence-electron chi connectivity index (χ0n) is 18.0. The van der Waals surface area contributed by atoms with Crippen molar-refractivity contribution in [1.29, 1.82) is 0 Å². The van der Waals surface area contributed by atoms with Gasteiger partial charge in [0.1, 0.15) is 11.4 Å². The molecular weight excluding hydrogens is 487 g/mol. The highest BCUT2D eigenvalue weighted by Crippen LogP contribution is 2.28. The first-order valence-electron chi connectivity index (χ1n) is 10.2. The maximum absolute atomic E-state index is 14.2. The molecule has 7 heteroatoms. The van der Waals surface area contributed by atoms with Crippen molar-refractivity contribution >= 4 is 45.5 Å². The average molecular weight is 507 g/mol. The Morgan fingerprint density at radius 2 is 1.73 bits per heavy atom. The van der Waals surface area contributed by atoms with E-state index in [4.69, 9.17) is 0 Å². The number of carbonyl (C=O) groups excluding carboxylic acids is 3. The highest BCUT2D eigenvalue weighted by atomic mass is 79.9. The van der Waals surface area contributed by atoms with Gasteiger partial charge in [0.25, 0.3) is 11.8 Å². The van der Waals surface area contributed by atoms with Crippen molar-refractivity contribution in [3.63, 3.8) is 0 Å². The molecule has 5 nitrogen and oxygen atoms in total. The Morgan fingerprint density at radius 1 is 0.970 bits per heavy atom. The van der Waals surface area contributed by atoms with Crippen molar-refractivity contribution in [3.8, 4) is 0 Å². The first kappa shape index (κ1) is 22.6. The SMILES string of the molecule is Cc1ccc(N2C(=O)NC(=O)/C(=C\c3cc(Br)ccc3Cc3ccccc3F)C2=O)c(C)c1. The lowest BCUT2D eigenvalue weighted by Gasteiger charge is -2.27. The Labute approximate surface area is 199 Å². The molecular formula is C26H20BrFN2O3. The van der Waals surface area contributed by atoms with Crippen LogP contribution < -0.4 is 10.2 Å². The van der Waals surface area contributed by atoms with Crippen molar-refractivity contribution in [2.24, 2.45) is 0 Å². The van der Waals surface area contributed by atoms with Crippen LogP contribution in [0.3, 0.4) is 0 Å². The highest BCUT2D eigenvalue weighted by molar-refractivity contribution is 9.10. The smallest absolute Gasteiger partial charge is 0.273 e. The van der Waals surface area contributed by atoms with Crippen LogP contribution in [0.15, 0.2) is 70.7 Å². The number of rotatable bonds is 4. The number of aryl methyl sites for hydroxylation is 2. The summed E-state index contributed by atoms with van der Waals surface area (Å²) in [5.74, 6) is -1.83. The molecule has 3 aromatic carbocycles. The number of imide groups is 2. The van der Waals surface area contributed by atoms with Crippen LogP contribution in [0.5, 0.6) is 0 Å². The molecule has 0 aromatic heterocycles. The van der Waals surface area contributed by atoms with Crippen molar-refractivity contribution in [2.75, 3.05) is 4.90 Å². The molecule has 4 amide bonds. The average Bonchev–Trinajstić information content (AvgIpc) is 2.75. The second-order valence-corrected chi connectivity index (χ2v) is 8.77. The molecule has 1 heterocycles. The van der Waals surface area contributed by atoms with Crippen LogP contribution in [0.2, 0.25) is 0 Å². The molecule has 1 aliphatic heterocycles. The monoisotopic (exact) mass is 506 g/mol. The predicted octanol–water partition coefficient (Wildman–Crippen LogP) is 5.46. The van der Waals surface area contributed by atoms with E-state index < -0.39 is 17.8 Å². The Kier molecular flexibility index (Phi) is 6.24. The van der Waals surface area contributed by atoms with Gasteiger partial charge in [-0.05, 0) is 66.4 Å². The number of urea groups is 1. The van der Waals surface area contributed by atoms with Gasteiger partial charge in [-0.3, -0.25) is 14.9 Å². The Balaban J connectivity index is 1.77. The normalized spacial score (nSPS) is 15.2. The minimum Gasteiger partial charge on any atom is -0.273 e. The van der Waals surface area contributed by atoms with E-state index >= 15 is 0 Å². The third-order valence-electron chi connectivity index (χ3n) is 5.44. The number of anilines is 1. The van der Waals surface area contributed by atoms with Gasteiger partial charge in [0.2, 0.25) is 0 Å². The molecule has 1 N–H and O–H groups in total. The Bertz CT molecular complexity index is 1330. The Hall–Kier alpha value is -3.58. The number of halogens is 2. The van der Waals surface area contributed by atoms with E-state index in [0.29, 0.717) is 16.8 Å². The third kappa shape index (κ3) is 4.64. The van der Waals surface area contributed by atoms with Crippen LogP contribution in [0.1, 0.15) is 27.8 Å². The molecule has 166 valence electrons. The number of benzene rings is 3. The quantitative estimate of drug-likeness (QED) is 0.377. The molecule has 1 saturated heterocycles. The lowest BCUT2D eigenvalue weighted by atomic mass is 9.97. The maximum atomic E-state index is 14.2. The van der Waals surface area contributed by atoms with Gasteiger partial charge in [-0.25, -0.2) is 14.1 Å². The van der Waals surface area contributed by atoms with Gasteiger partial charge in [0.15, 0.2) is 0 Å². The first-order chi connectivity index (χ1) is 15.7. The fraction of sp³-hybridized carbons (Fsp3) is 0.115. The van der Waals surface area contributed by atoms with Crippen molar-refractivity contribution in [2.45, 2.75) is 20.3 Å². The van der Waals surface area contributed by atoms with Gasteiger partial charge in [-0.2, -0.15) is 0 Å². The van der Waals surface area contributed by atoms with Crippen molar-refractivity contribution < 1.29 is 18.8 Å². The van der Waals surface area contributed by atoms with Crippen molar-refractivity contribution in [3.05, 3.63) is 104 Å². The summed E-state index contributed by atoms with van der Waals surface area (Å²) in [6.07, 6.45) is 1.72. The molecule has 0 bridgehead atoms. The van der Waals surface area contributed by atoms with Crippen LogP contribution in [-0.2, 0) is 16.0 Å².